The Labute approximate surface area is 229 Å². The van der Waals surface area contributed by atoms with E-state index in [1.54, 1.807) is 30.5 Å². The molecule has 1 amide bonds. The van der Waals surface area contributed by atoms with E-state index >= 15 is 0 Å². The van der Waals surface area contributed by atoms with E-state index in [0.717, 1.165) is 45.7 Å². The Balaban J connectivity index is 1.23. The lowest BCUT2D eigenvalue weighted by molar-refractivity contribution is -0.137. The van der Waals surface area contributed by atoms with Gasteiger partial charge >= 0.3 is 6.18 Å². The number of amides is 1. The van der Waals surface area contributed by atoms with E-state index < -0.39 is 21.6 Å². The molecule has 0 radical (unpaired) electrons. The van der Waals surface area contributed by atoms with Crippen molar-refractivity contribution in [1.29, 1.82) is 0 Å². The van der Waals surface area contributed by atoms with Crippen molar-refractivity contribution in [3.05, 3.63) is 108 Å². The van der Waals surface area contributed by atoms with Crippen LogP contribution >= 0.6 is 0 Å². The Hall–Kier alpha value is -4.44. The third-order valence-electron chi connectivity index (χ3n) is 6.52. The number of halogens is 3. The molecule has 10 heteroatoms. The molecule has 6 nitrogen and oxygen atoms in total. The highest BCUT2D eigenvalue weighted by Crippen LogP contribution is 2.30. The Bertz CT molecular complexity index is 1780. The van der Waals surface area contributed by atoms with Gasteiger partial charge in [0.1, 0.15) is 5.65 Å². The monoisotopic (exact) mass is 563 g/mol. The first-order valence-corrected chi connectivity index (χ1v) is 14.2. The topological polar surface area (TPSA) is 80.5 Å². The van der Waals surface area contributed by atoms with Gasteiger partial charge in [0.25, 0.3) is 0 Å². The van der Waals surface area contributed by atoms with Gasteiger partial charge in [0, 0.05) is 30.1 Å². The third kappa shape index (κ3) is 6.07. The lowest BCUT2D eigenvalue weighted by Gasteiger charge is -2.09. The molecule has 40 heavy (non-hydrogen) atoms. The van der Waals surface area contributed by atoms with Crippen LogP contribution in [0.1, 0.15) is 17.5 Å². The molecule has 0 spiro atoms. The Kier molecular flexibility index (Phi) is 7.20. The number of carbonyl (C=O) groups excluding carboxylic acids is 1. The van der Waals surface area contributed by atoms with E-state index in [4.69, 9.17) is 0 Å². The molecule has 5 aromatic rings. The number of imidazole rings is 1. The molecule has 2 aromatic heterocycles. The second-order valence-corrected chi connectivity index (χ2v) is 11.4. The number of nitrogens with zero attached hydrogens (tertiary/aromatic N) is 2. The number of alkyl halides is 3. The number of rotatable bonds is 7. The van der Waals surface area contributed by atoms with Crippen LogP contribution in [0.25, 0.3) is 28.0 Å². The van der Waals surface area contributed by atoms with E-state index in [1.807, 2.05) is 47.0 Å². The van der Waals surface area contributed by atoms with Crippen LogP contribution in [0.5, 0.6) is 0 Å². The van der Waals surface area contributed by atoms with Gasteiger partial charge in [-0.1, -0.05) is 36.4 Å². The van der Waals surface area contributed by atoms with Crippen LogP contribution in [-0.2, 0) is 27.2 Å². The SMILES string of the molecule is CS(=O)(=O)c1ccc(-c2ccn3c(-c4ccc(CCC(=O)Nc5ccc(C(F)(F)F)cc5)cc4)cnc3c2)cc1. The van der Waals surface area contributed by atoms with Crippen molar-refractivity contribution in [1.82, 2.24) is 9.38 Å². The van der Waals surface area contributed by atoms with E-state index in [1.165, 1.54) is 18.4 Å². The van der Waals surface area contributed by atoms with Gasteiger partial charge in [0.2, 0.25) is 5.91 Å². The molecular weight excluding hydrogens is 539 g/mol. The number of fused-ring (bicyclic) bond motifs is 1. The zero-order chi connectivity index (χ0) is 28.5. The summed E-state index contributed by atoms with van der Waals surface area (Å²) in [6.45, 7) is 0. The van der Waals surface area contributed by atoms with Crippen molar-refractivity contribution < 1.29 is 26.4 Å². The second-order valence-electron chi connectivity index (χ2n) is 9.40. The van der Waals surface area contributed by atoms with Gasteiger partial charge in [-0.05, 0) is 71.6 Å². The summed E-state index contributed by atoms with van der Waals surface area (Å²) in [5.74, 6) is -0.285. The van der Waals surface area contributed by atoms with E-state index in [2.05, 4.69) is 10.3 Å². The summed E-state index contributed by atoms with van der Waals surface area (Å²) in [7, 11) is -3.26. The highest BCUT2D eigenvalue weighted by Gasteiger charge is 2.30. The Morgan fingerprint density at radius 2 is 1.52 bits per heavy atom. The predicted octanol–water partition coefficient (Wildman–Crippen LogP) is 6.66. The van der Waals surface area contributed by atoms with Crippen LogP contribution < -0.4 is 5.32 Å². The zero-order valence-corrected chi connectivity index (χ0v) is 22.1. The molecular formula is C30H24F3N3O3S. The number of sulfone groups is 1. The van der Waals surface area contributed by atoms with Crippen LogP contribution in [-0.4, -0.2) is 30.0 Å². The summed E-state index contributed by atoms with van der Waals surface area (Å²) in [5.41, 5.74) is 4.86. The Morgan fingerprint density at radius 3 is 2.15 bits per heavy atom. The first-order chi connectivity index (χ1) is 19.0. The molecule has 2 heterocycles. The molecule has 0 bridgehead atoms. The average Bonchev–Trinajstić information content (AvgIpc) is 3.35. The van der Waals surface area contributed by atoms with Crippen molar-refractivity contribution in [2.75, 3.05) is 11.6 Å². The first-order valence-electron chi connectivity index (χ1n) is 12.3. The van der Waals surface area contributed by atoms with Gasteiger partial charge < -0.3 is 5.32 Å². The minimum atomic E-state index is -4.42. The zero-order valence-electron chi connectivity index (χ0n) is 21.3. The maximum Gasteiger partial charge on any atom is 0.416 e. The lowest BCUT2D eigenvalue weighted by Crippen LogP contribution is -2.12. The van der Waals surface area contributed by atoms with Crippen molar-refractivity contribution in [2.45, 2.75) is 23.9 Å². The van der Waals surface area contributed by atoms with Gasteiger partial charge in [-0.15, -0.1) is 0 Å². The van der Waals surface area contributed by atoms with Crippen LogP contribution in [0.2, 0.25) is 0 Å². The van der Waals surface area contributed by atoms with Crippen LogP contribution in [0.3, 0.4) is 0 Å². The highest BCUT2D eigenvalue weighted by atomic mass is 32.2. The molecule has 1 N–H and O–H groups in total. The number of aryl methyl sites for hydroxylation is 1. The maximum absolute atomic E-state index is 12.7. The normalized spacial score (nSPS) is 12.0. The van der Waals surface area contributed by atoms with E-state index in [0.29, 0.717) is 12.1 Å². The van der Waals surface area contributed by atoms with Crippen LogP contribution in [0.15, 0.2) is 102 Å². The summed E-state index contributed by atoms with van der Waals surface area (Å²) < 4.78 is 63.5. The fourth-order valence-electron chi connectivity index (χ4n) is 4.33. The molecule has 5 rings (SSSR count). The number of carbonyl (C=O) groups is 1. The quantitative estimate of drug-likeness (QED) is 0.240. The van der Waals surface area contributed by atoms with Gasteiger partial charge in [-0.2, -0.15) is 13.2 Å². The smallest absolute Gasteiger partial charge is 0.326 e. The summed E-state index contributed by atoms with van der Waals surface area (Å²) in [6, 6.07) is 22.7. The number of pyridine rings is 1. The minimum Gasteiger partial charge on any atom is -0.326 e. The molecule has 0 aliphatic heterocycles. The molecule has 0 saturated carbocycles. The highest BCUT2D eigenvalue weighted by molar-refractivity contribution is 7.90. The first kappa shape index (κ1) is 27.1. The number of hydrogen-bond acceptors (Lipinski definition) is 4. The number of hydrogen-bond donors (Lipinski definition) is 1. The molecule has 0 unspecified atom stereocenters. The van der Waals surface area contributed by atoms with Gasteiger partial charge in [0.15, 0.2) is 9.84 Å². The molecule has 0 saturated heterocycles. The Morgan fingerprint density at radius 1 is 0.875 bits per heavy atom. The minimum absolute atomic E-state index is 0.184. The average molecular weight is 564 g/mol. The van der Waals surface area contributed by atoms with Crippen molar-refractivity contribution >= 4 is 27.1 Å². The van der Waals surface area contributed by atoms with E-state index in [-0.39, 0.29) is 17.2 Å². The fraction of sp³-hybridized carbons (Fsp3) is 0.133. The molecule has 3 aromatic carbocycles. The molecule has 204 valence electrons. The number of benzene rings is 3. The largest absolute Gasteiger partial charge is 0.416 e. The van der Waals surface area contributed by atoms with Gasteiger partial charge in [0.05, 0.1) is 22.3 Å². The van der Waals surface area contributed by atoms with Crippen LogP contribution in [0, 0.1) is 0 Å². The molecule has 0 aliphatic rings. The van der Waals surface area contributed by atoms with E-state index in [9.17, 15) is 26.4 Å². The summed E-state index contributed by atoms with van der Waals surface area (Å²) in [6.07, 6.45) is 1.11. The summed E-state index contributed by atoms with van der Waals surface area (Å²) in [4.78, 5) is 17.1. The standard InChI is InChI=1S/C30H24F3N3O3S/c1-40(38,39)26-13-7-21(8-14-26)23-16-17-36-27(19-34-28(36)18-23)22-5-2-20(3-6-22)4-15-29(37)35-25-11-9-24(10-12-25)30(31,32)33/h2-3,5-14,16-19H,4,15H2,1H3,(H,35,37). The molecule has 0 fully saturated rings. The maximum atomic E-state index is 12.7. The van der Waals surface area contributed by atoms with Crippen molar-refractivity contribution in [3.63, 3.8) is 0 Å². The number of anilines is 1. The second kappa shape index (κ2) is 10.6. The van der Waals surface area contributed by atoms with Gasteiger partial charge in [-0.25, -0.2) is 13.4 Å². The van der Waals surface area contributed by atoms with Crippen molar-refractivity contribution in [3.8, 4) is 22.4 Å². The molecule has 0 aliphatic carbocycles. The predicted molar refractivity (Wildman–Crippen MR) is 148 cm³/mol. The number of aromatic nitrogens is 2. The third-order valence-corrected chi connectivity index (χ3v) is 7.64. The summed E-state index contributed by atoms with van der Waals surface area (Å²) in [5, 5.41) is 2.63. The van der Waals surface area contributed by atoms with Crippen LogP contribution in [0.4, 0.5) is 18.9 Å². The number of nitrogens with one attached hydrogen (secondary N) is 1. The lowest BCUT2D eigenvalue weighted by atomic mass is 10.1. The van der Waals surface area contributed by atoms with Gasteiger partial charge in [-0.3, -0.25) is 9.20 Å². The summed E-state index contributed by atoms with van der Waals surface area (Å²) >= 11 is 0. The van der Waals surface area contributed by atoms with Crippen molar-refractivity contribution in [2.24, 2.45) is 0 Å². The fourth-order valence-corrected chi connectivity index (χ4v) is 4.96. The molecule has 0 atom stereocenters.